The lowest BCUT2D eigenvalue weighted by Crippen LogP contribution is -2.12. The van der Waals surface area contributed by atoms with Crippen LogP contribution in [-0.2, 0) is 0 Å². The molecule has 2 aromatic heterocycles. The molecule has 2 heterocycles. The molecule has 0 saturated carbocycles. The second-order valence-corrected chi connectivity index (χ2v) is 6.31. The number of tetrazole rings is 1. The summed E-state index contributed by atoms with van der Waals surface area (Å²) in [4.78, 5) is 21.6. The Hall–Kier alpha value is -3.68. The maximum Gasteiger partial charge on any atom is 0.255 e. The number of carbonyl (C=O) groups is 1. The third-order valence-electron chi connectivity index (χ3n) is 4.39. The SMILES string of the molecule is Cc1cc(NC(=O)c2ccc3nc(C)c(C)nc3c2)ccc1-n1cnnn1. The first-order chi connectivity index (χ1) is 13.0. The van der Waals surface area contributed by atoms with Gasteiger partial charge in [0.25, 0.3) is 5.91 Å². The molecule has 4 aromatic rings. The normalized spacial score (nSPS) is 10.9. The molecule has 8 nitrogen and oxygen atoms in total. The van der Waals surface area contributed by atoms with Crippen LogP contribution in [0.4, 0.5) is 5.69 Å². The maximum atomic E-state index is 12.6. The Bertz CT molecular complexity index is 1150. The topological polar surface area (TPSA) is 98.5 Å². The summed E-state index contributed by atoms with van der Waals surface area (Å²) in [5.41, 5.74) is 6.24. The number of hydrogen-bond donors (Lipinski definition) is 1. The van der Waals surface area contributed by atoms with Crippen LogP contribution in [0.2, 0.25) is 0 Å². The quantitative estimate of drug-likeness (QED) is 0.604. The van der Waals surface area contributed by atoms with E-state index in [4.69, 9.17) is 0 Å². The Morgan fingerprint density at radius 3 is 2.44 bits per heavy atom. The first-order valence-corrected chi connectivity index (χ1v) is 8.41. The average Bonchev–Trinajstić information content (AvgIpc) is 3.17. The highest BCUT2D eigenvalue weighted by Gasteiger charge is 2.11. The minimum atomic E-state index is -0.202. The predicted molar refractivity (Wildman–Crippen MR) is 101 cm³/mol. The van der Waals surface area contributed by atoms with E-state index >= 15 is 0 Å². The van der Waals surface area contributed by atoms with Crippen molar-refractivity contribution >= 4 is 22.6 Å². The summed E-state index contributed by atoms with van der Waals surface area (Å²) in [7, 11) is 0. The molecule has 0 bridgehead atoms. The van der Waals surface area contributed by atoms with Crippen LogP contribution < -0.4 is 5.32 Å². The van der Waals surface area contributed by atoms with Gasteiger partial charge in [0.1, 0.15) is 6.33 Å². The van der Waals surface area contributed by atoms with Crippen molar-refractivity contribution in [2.75, 3.05) is 5.32 Å². The second kappa shape index (κ2) is 6.56. The van der Waals surface area contributed by atoms with Crippen molar-refractivity contribution in [3.63, 3.8) is 0 Å². The molecule has 0 spiro atoms. The van der Waals surface area contributed by atoms with Gasteiger partial charge >= 0.3 is 0 Å². The Morgan fingerprint density at radius 1 is 0.963 bits per heavy atom. The second-order valence-electron chi connectivity index (χ2n) is 6.31. The lowest BCUT2D eigenvalue weighted by Gasteiger charge is -2.10. The molecule has 4 rings (SSSR count). The molecule has 0 unspecified atom stereocenters. The van der Waals surface area contributed by atoms with Crippen LogP contribution in [0.3, 0.4) is 0 Å². The van der Waals surface area contributed by atoms with Gasteiger partial charge in [-0.05, 0) is 73.2 Å². The average molecular weight is 359 g/mol. The summed E-state index contributed by atoms with van der Waals surface area (Å²) in [6.45, 7) is 5.76. The van der Waals surface area contributed by atoms with Crippen molar-refractivity contribution in [1.82, 2.24) is 30.2 Å². The monoisotopic (exact) mass is 359 g/mol. The molecule has 0 atom stereocenters. The van der Waals surface area contributed by atoms with Crippen LogP contribution in [0.25, 0.3) is 16.7 Å². The van der Waals surface area contributed by atoms with Gasteiger partial charge in [-0.15, -0.1) is 5.10 Å². The molecule has 2 aromatic carbocycles. The van der Waals surface area contributed by atoms with E-state index in [1.165, 1.54) is 6.33 Å². The molecule has 134 valence electrons. The van der Waals surface area contributed by atoms with Gasteiger partial charge in [0.2, 0.25) is 0 Å². The molecule has 1 N–H and O–H groups in total. The number of hydrogen-bond acceptors (Lipinski definition) is 6. The zero-order valence-corrected chi connectivity index (χ0v) is 15.1. The summed E-state index contributed by atoms with van der Waals surface area (Å²) in [5, 5.41) is 14.1. The van der Waals surface area contributed by atoms with E-state index in [2.05, 4.69) is 30.8 Å². The Kier molecular flexibility index (Phi) is 4.08. The predicted octanol–water partition coefficient (Wildman–Crippen LogP) is 2.78. The van der Waals surface area contributed by atoms with E-state index in [9.17, 15) is 4.79 Å². The number of nitrogens with zero attached hydrogens (tertiary/aromatic N) is 6. The van der Waals surface area contributed by atoms with Crippen LogP contribution in [0.1, 0.15) is 27.3 Å². The fourth-order valence-corrected chi connectivity index (χ4v) is 2.84. The van der Waals surface area contributed by atoms with Crippen molar-refractivity contribution < 1.29 is 4.79 Å². The number of aromatic nitrogens is 6. The Balaban J connectivity index is 1.59. The number of anilines is 1. The van der Waals surface area contributed by atoms with Crippen LogP contribution in [0.5, 0.6) is 0 Å². The van der Waals surface area contributed by atoms with Crippen LogP contribution in [0.15, 0.2) is 42.7 Å². The zero-order chi connectivity index (χ0) is 19.0. The summed E-state index contributed by atoms with van der Waals surface area (Å²) < 4.78 is 1.58. The minimum absolute atomic E-state index is 0.202. The Labute approximate surface area is 155 Å². The van der Waals surface area contributed by atoms with Crippen LogP contribution in [-0.4, -0.2) is 36.1 Å². The van der Waals surface area contributed by atoms with Crippen molar-refractivity contribution in [2.24, 2.45) is 0 Å². The van der Waals surface area contributed by atoms with E-state index in [1.54, 1.807) is 16.8 Å². The zero-order valence-electron chi connectivity index (χ0n) is 15.1. The summed E-state index contributed by atoms with van der Waals surface area (Å²) >= 11 is 0. The van der Waals surface area contributed by atoms with Crippen molar-refractivity contribution in [2.45, 2.75) is 20.8 Å². The standard InChI is InChI=1S/C19H17N7O/c1-11-8-15(5-7-18(11)26-10-20-24-25-26)23-19(27)14-4-6-16-17(9-14)22-13(3)12(2)21-16/h4-10H,1-3H3,(H,23,27). The molecule has 0 aliphatic heterocycles. The number of carbonyl (C=O) groups excluding carboxylic acids is 1. The molecule has 1 amide bonds. The van der Waals surface area contributed by atoms with Gasteiger partial charge in [0.05, 0.1) is 28.1 Å². The summed E-state index contributed by atoms with van der Waals surface area (Å²) in [6, 6.07) is 10.9. The number of aryl methyl sites for hydroxylation is 3. The molecular weight excluding hydrogens is 342 g/mol. The van der Waals surface area contributed by atoms with E-state index < -0.39 is 0 Å². The summed E-state index contributed by atoms with van der Waals surface area (Å²) in [5.74, 6) is -0.202. The highest BCUT2D eigenvalue weighted by molar-refractivity contribution is 6.06. The molecular formula is C19H17N7O. The molecule has 0 aliphatic rings. The first-order valence-electron chi connectivity index (χ1n) is 8.41. The third kappa shape index (κ3) is 3.24. The largest absolute Gasteiger partial charge is 0.322 e. The Morgan fingerprint density at radius 2 is 1.74 bits per heavy atom. The first kappa shape index (κ1) is 16.8. The van der Waals surface area contributed by atoms with Crippen molar-refractivity contribution in [1.29, 1.82) is 0 Å². The van der Waals surface area contributed by atoms with Gasteiger partial charge in [0.15, 0.2) is 0 Å². The van der Waals surface area contributed by atoms with Gasteiger partial charge in [-0.25, -0.2) is 14.6 Å². The van der Waals surface area contributed by atoms with Crippen LogP contribution in [0, 0.1) is 20.8 Å². The number of nitrogens with one attached hydrogen (secondary N) is 1. The van der Waals surface area contributed by atoms with Gasteiger partial charge in [-0.3, -0.25) is 4.79 Å². The molecule has 0 saturated heterocycles. The molecule has 0 aliphatic carbocycles. The molecule has 0 radical (unpaired) electrons. The summed E-state index contributed by atoms with van der Waals surface area (Å²) in [6.07, 6.45) is 1.53. The third-order valence-corrected chi connectivity index (χ3v) is 4.39. The fraction of sp³-hybridized carbons (Fsp3) is 0.158. The smallest absolute Gasteiger partial charge is 0.255 e. The highest BCUT2D eigenvalue weighted by atomic mass is 16.1. The molecule has 27 heavy (non-hydrogen) atoms. The number of fused-ring (bicyclic) bond motifs is 1. The van der Waals surface area contributed by atoms with E-state index in [0.29, 0.717) is 16.8 Å². The van der Waals surface area contributed by atoms with E-state index in [1.807, 2.05) is 45.0 Å². The molecule has 8 heteroatoms. The lowest BCUT2D eigenvalue weighted by molar-refractivity contribution is 0.102. The van der Waals surface area contributed by atoms with Crippen molar-refractivity contribution in [3.05, 3.63) is 65.2 Å². The van der Waals surface area contributed by atoms with Gasteiger partial charge in [-0.1, -0.05) is 0 Å². The minimum Gasteiger partial charge on any atom is -0.322 e. The van der Waals surface area contributed by atoms with Crippen LogP contribution >= 0.6 is 0 Å². The number of amides is 1. The number of rotatable bonds is 3. The van der Waals surface area contributed by atoms with E-state index in [-0.39, 0.29) is 5.91 Å². The lowest BCUT2D eigenvalue weighted by atomic mass is 10.1. The van der Waals surface area contributed by atoms with Gasteiger partial charge in [-0.2, -0.15) is 0 Å². The van der Waals surface area contributed by atoms with Gasteiger partial charge in [0, 0.05) is 11.3 Å². The fourth-order valence-electron chi connectivity index (χ4n) is 2.84. The van der Waals surface area contributed by atoms with Gasteiger partial charge < -0.3 is 5.32 Å². The highest BCUT2D eigenvalue weighted by Crippen LogP contribution is 2.20. The maximum absolute atomic E-state index is 12.6. The number of benzene rings is 2. The molecule has 0 fully saturated rings. The van der Waals surface area contributed by atoms with Crippen molar-refractivity contribution in [3.8, 4) is 5.69 Å². The van der Waals surface area contributed by atoms with E-state index in [0.717, 1.165) is 28.2 Å².